The molecule has 5 N–H and O–H groups in total. The van der Waals surface area contributed by atoms with Gasteiger partial charge in [-0.25, -0.2) is 0 Å². The lowest BCUT2D eigenvalue weighted by Crippen LogP contribution is -2.29. The first kappa shape index (κ1) is 16.8. The van der Waals surface area contributed by atoms with E-state index in [0.717, 1.165) is 5.56 Å². The molecule has 0 aliphatic heterocycles. The van der Waals surface area contributed by atoms with Gasteiger partial charge in [0.1, 0.15) is 12.4 Å². The van der Waals surface area contributed by atoms with Crippen molar-refractivity contribution in [1.29, 1.82) is 5.41 Å². The Hall–Kier alpha value is -3.59. The van der Waals surface area contributed by atoms with E-state index in [1.165, 1.54) is 6.20 Å². The number of carbonyl (C=O) groups is 1. The van der Waals surface area contributed by atoms with Crippen molar-refractivity contribution in [2.75, 3.05) is 6.54 Å². The van der Waals surface area contributed by atoms with E-state index in [1.54, 1.807) is 18.3 Å². The van der Waals surface area contributed by atoms with Gasteiger partial charge in [0.2, 0.25) is 0 Å². The Labute approximate surface area is 139 Å². The van der Waals surface area contributed by atoms with Crippen LogP contribution in [0.1, 0.15) is 11.1 Å². The molecule has 0 spiro atoms. The van der Waals surface area contributed by atoms with Crippen LogP contribution in [0.15, 0.2) is 66.3 Å². The van der Waals surface area contributed by atoms with Gasteiger partial charge in [-0.2, -0.15) is 0 Å². The van der Waals surface area contributed by atoms with Crippen molar-refractivity contribution in [1.82, 2.24) is 10.3 Å². The highest BCUT2D eigenvalue weighted by Crippen LogP contribution is 2.08. The summed E-state index contributed by atoms with van der Waals surface area (Å²) in [7, 11) is 0. The van der Waals surface area contributed by atoms with E-state index in [0.29, 0.717) is 5.56 Å². The average molecular weight is 320 g/mol. The summed E-state index contributed by atoms with van der Waals surface area (Å²) in [6.45, 7) is -0.358. The van der Waals surface area contributed by atoms with Crippen molar-refractivity contribution in [2.24, 2.45) is 5.73 Å². The van der Waals surface area contributed by atoms with Crippen LogP contribution in [0.2, 0.25) is 0 Å². The second-order valence-electron chi connectivity index (χ2n) is 4.77. The number of hydrogen-bond donors (Lipinski definition) is 4. The number of aromatic nitrogens is 1. The summed E-state index contributed by atoms with van der Waals surface area (Å²) in [6.07, 6.45) is 3.12. The van der Waals surface area contributed by atoms with E-state index >= 15 is 0 Å². The number of rotatable bonds is 5. The molecule has 0 fully saturated rings. The summed E-state index contributed by atoms with van der Waals surface area (Å²) in [5.41, 5.74) is 7.50. The highest BCUT2D eigenvalue weighted by molar-refractivity contribution is 6.13. The molecular formula is C18H16N4O2. The van der Waals surface area contributed by atoms with E-state index in [4.69, 9.17) is 16.2 Å². The van der Waals surface area contributed by atoms with Gasteiger partial charge in [0.25, 0.3) is 0 Å². The second-order valence-corrected chi connectivity index (χ2v) is 4.77. The van der Waals surface area contributed by atoms with Gasteiger partial charge in [-0.05, 0) is 24.3 Å². The lowest BCUT2D eigenvalue weighted by molar-refractivity contribution is -0.135. The molecule has 1 aromatic carbocycles. The fraction of sp³-hybridized carbons (Fsp3) is 0.0556. The van der Waals surface area contributed by atoms with E-state index in [2.05, 4.69) is 22.1 Å². The Morgan fingerprint density at radius 2 is 2.00 bits per heavy atom. The van der Waals surface area contributed by atoms with E-state index in [9.17, 15) is 4.79 Å². The molecule has 0 bridgehead atoms. The molecule has 24 heavy (non-hydrogen) atoms. The van der Waals surface area contributed by atoms with Crippen molar-refractivity contribution < 1.29 is 9.90 Å². The quantitative estimate of drug-likeness (QED) is 0.491. The first-order chi connectivity index (χ1) is 11.6. The van der Waals surface area contributed by atoms with Crippen LogP contribution in [0, 0.1) is 17.3 Å². The minimum atomic E-state index is -1.05. The predicted molar refractivity (Wildman–Crippen MR) is 91.2 cm³/mol. The number of hydrogen-bond acceptors (Lipinski definition) is 5. The maximum Gasteiger partial charge on any atom is 0.322 e. The van der Waals surface area contributed by atoms with Crippen molar-refractivity contribution >= 4 is 11.7 Å². The van der Waals surface area contributed by atoms with Crippen LogP contribution in [0.3, 0.4) is 0 Å². The Morgan fingerprint density at radius 1 is 1.25 bits per heavy atom. The van der Waals surface area contributed by atoms with Crippen molar-refractivity contribution in [3.63, 3.8) is 0 Å². The van der Waals surface area contributed by atoms with Gasteiger partial charge in [0, 0.05) is 23.5 Å². The smallest absolute Gasteiger partial charge is 0.322 e. The summed E-state index contributed by atoms with van der Waals surface area (Å²) in [5.74, 6) is 4.76. The Balaban J connectivity index is 2.38. The number of nitrogens with two attached hydrogens (primary N) is 1. The topological polar surface area (TPSA) is 112 Å². The maximum absolute atomic E-state index is 10.7. The second kappa shape index (κ2) is 8.15. The van der Waals surface area contributed by atoms with Crippen molar-refractivity contribution in [2.45, 2.75) is 0 Å². The highest BCUT2D eigenvalue weighted by Gasteiger charge is 2.11. The summed E-state index contributed by atoms with van der Waals surface area (Å²) >= 11 is 0. The third kappa shape index (κ3) is 4.71. The Kier molecular flexibility index (Phi) is 5.70. The summed E-state index contributed by atoms with van der Waals surface area (Å²) in [4.78, 5) is 14.7. The number of carboxylic acid groups (broad SMARTS) is 1. The van der Waals surface area contributed by atoms with Gasteiger partial charge in [-0.15, -0.1) is 0 Å². The summed E-state index contributed by atoms with van der Waals surface area (Å²) in [5, 5.41) is 19.6. The van der Waals surface area contributed by atoms with E-state index < -0.39 is 5.97 Å². The standard InChI is InChI=1S/C18H16N4O2/c19-17(14-7-4-10-21-11-14)15(18(20)22-12-16(23)24)9-8-13-5-2-1-3-6-13/h1-7,10-11,19,22H,12,20H2,(H,23,24)/b18-15-,19-17?. The largest absolute Gasteiger partial charge is 0.480 e. The molecular weight excluding hydrogens is 304 g/mol. The van der Waals surface area contributed by atoms with Crippen LogP contribution in [0.4, 0.5) is 0 Å². The predicted octanol–water partition coefficient (Wildman–Crippen LogP) is 1.35. The number of aliphatic carboxylic acids is 1. The summed E-state index contributed by atoms with van der Waals surface area (Å²) < 4.78 is 0. The molecule has 0 radical (unpaired) electrons. The van der Waals surface area contributed by atoms with Crippen molar-refractivity contribution in [3.8, 4) is 11.8 Å². The monoisotopic (exact) mass is 320 g/mol. The minimum Gasteiger partial charge on any atom is -0.480 e. The van der Waals surface area contributed by atoms with Crippen LogP contribution in [0.25, 0.3) is 0 Å². The molecule has 0 amide bonds. The molecule has 2 aromatic rings. The van der Waals surface area contributed by atoms with Crippen LogP contribution in [0.5, 0.6) is 0 Å². The molecule has 0 saturated heterocycles. The maximum atomic E-state index is 10.7. The van der Waals surface area contributed by atoms with E-state index in [1.807, 2.05) is 30.3 Å². The van der Waals surface area contributed by atoms with Crippen LogP contribution >= 0.6 is 0 Å². The molecule has 0 aliphatic rings. The molecule has 0 unspecified atom stereocenters. The molecule has 6 nitrogen and oxygen atoms in total. The highest BCUT2D eigenvalue weighted by atomic mass is 16.4. The van der Waals surface area contributed by atoms with Crippen molar-refractivity contribution in [3.05, 3.63) is 77.4 Å². The lowest BCUT2D eigenvalue weighted by Gasteiger charge is -2.09. The molecule has 0 atom stereocenters. The lowest BCUT2D eigenvalue weighted by atomic mass is 10.0. The molecule has 1 aromatic heterocycles. The van der Waals surface area contributed by atoms with Crippen LogP contribution < -0.4 is 11.1 Å². The number of carboxylic acids is 1. The number of pyridine rings is 1. The molecule has 0 saturated carbocycles. The zero-order valence-electron chi connectivity index (χ0n) is 12.8. The third-order valence-corrected chi connectivity index (χ3v) is 3.01. The van der Waals surface area contributed by atoms with Crippen LogP contribution in [-0.2, 0) is 4.79 Å². The van der Waals surface area contributed by atoms with Gasteiger partial charge in [0.05, 0.1) is 11.3 Å². The fourth-order valence-corrected chi connectivity index (χ4v) is 1.83. The van der Waals surface area contributed by atoms with Gasteiger partial charge in [-0.1, -0.05) is 30.0 Å². The average Bonchev–Trinajstić information content (AvgIpc) is 2.61. The van der Waals surface area contributed by atoms with Gasteiger partial charge in [-0.3, -0.25) is 15.2 Å². The number of nitrogens with one attached hydrogen (secondary N) is 2. The normalized spacial score (nSPS) is 10.8. The third-order valence-electron chi connectivity index (χ3n) is 3.01. The number of benzene rings is 1. The van der Waals surface area contributed by atoms with Gasteiger partial charge >= 0.3 is 5.97 Å². The van der Waals surface area contributed by atoms with E-state index in [-0.39, 0.29) is 23.7 Å². The van der Waals surface area contributed by atoms with Gasteiger partial charge < -0.3 is 16.2 Å². The Morgan fingerprint density at radius 3 is 2.62 bits per heavy atom. The zero-order chi connectivity index (χ0) is 17.4. The summed E-state index contributed by atoms with van der Waals surface area (Å²) in [6, 6.07) is 12.7. The van der Waals surface area contributed by atoms with Gasteiger partial charge in [0.15, 0.2) is 0 Å². The zero-order valence-corrected chi connectivity index (χ0v) is 12.8. The number of nitrogens with zero attached hydrogens (tertiary/aromatic N) is 1. The molecule has 0 aliphatic carbocycles. The fourth-order valence-electron chi connectivity index (χ4n) is 1.83. The molecule has 2 rings (SSSR count). The first-order valence-electron chi connectivity index (χ1n) is 7.09. The molecule has 120 valence electrons. The number of allylic oxidation sites excluding steroid dienone is 1. The minimum absolute atomic E-state index is 0.0367. The molecule has 6 heteroatoms. The van der Waals surface area contributed by atoms with Crippen LogP contribution in [-0.4, -0.2) is 28.3 Å². The Bertz CT molecular complexity index is 818. The molecule has 1 heterocycles. The first-order valence-corrected chi connectivity index (χ1v) is 7.09. The SMILES string of the molecule is N=C(/C(C#Cc1ccccc1)=C(/N)NCC(=O)O)c1cccnc1.